The Bertz CT molecular complexity index is 1490. The maximum atomic E-state index is 13.7. The van der Waals surface area contributed by atoms with Crippen molar-refractivity contribution in [1.29, 1.82) is 0 Å². The van der Waals surface area contributed by atoms with Gasteiger partial charge in [0.05, 0.1) is 47.6 Å². The molecule has 0 saturated carbocycles. The van der Waals surface area contributed by atoms with Crippen molar-refractivity contribution < 1.29 is 39.0 Å². The summed E-state index contributed by atoms with van der Waals surface area (Å²) in [6.07, 6.45) is 0.834. The number of hydrogen-bond donors (Lipinski definition) is 4. The van der Waals surface area contributed by atoms with E-state index in [9.17, 15) is 33.9 Å². The Balaban J connectivity index is 1.66. The molecule has 14 heteroatoms. The number of nitrogens with zero attached hydrogens (tertiary/aromatic N) is 4. The Hall–Kier alpha value is -5.24. The minimum Gasteiger partial charge on any atom is -0.481 e. The fourth-order valence-corrected chi connectivity index (χ4v) is 4.19. The van der Waals surface area contributed by atoms with E-state index in [4.69, 9.17) is 5.11 Å². The highest BCUT2D eigenvalue weighted by atomic mass is 16.4. The van der Waals surface area contributed by atoms with Crippen molar-refractivity contribution in [3.63, 3.8) is 0 Å². The molecule has 1 aromatic heterocycles. The Morgan fingerprint density at radius 2 is 1.73 bits per heavy atom. The molecule has 1 aliphatic heterocycles. The van der Waals surface area contributed by atoms with Crippen LogP contribution in [0.4, 0.5) is 11.4 Å². The van der Waals surface area contributed by atoms with Gasteiger partial charge in [0.2, 0.25) is 5.91 Å². The number of para-hydroxylation sites is 4. The van der Waals surface area contributed by atoms with Crippen LogP contribution >= 0.6 is 0 Å². The topological polar surface area (TPSA) is 199 Å². The van der Waals surface area contributed by atoms with Crippen LogP contribution in [0, 0.1) is 0 Å². The number of nitrogens with one attached hydrogen (secondary N) is 2. The lowest BCUT2D eigenvalue weighted by Crippen LogP contribution is -2.55. The monoisotopic (exact) mass is 548 g/mol. The van der Waals surface area contributed by atoms with Gasteiger partial charge in [-0.3, -0.25) is 33.9 Å². The molecule has 4 rings (SSSR count). The predicted octanol–water partition coefficient (Wildman–Crippen LogP) is -0.741. The Morgan fingerprint density at radius 3 is 2.40 bits per heavy atom. The normalized spacial score (nSPS) is 15.5. The van der Waals surface area contributed by atoms with Gasteiger partial charge in [0.15, 0.2) is 0 Å². The van der Waals surface area contributed by atoms with Crippen LogP contribution in [-0.2, 0) is 24.0 Å². The van der Waals surface area contributed by atoms with Crippen molar-refractivity contribution in [1.82, 2.24) is 20.6 Å². The van der Waals surface area contributed by atoms with Gasteiger partial charge in [0.25, 0.3) is 17.7 Å². The molecule has 40 heavy (non-hydrogen) atoms. The number of carboxylic acid groups (broad SMARTS) is 1. The number of aldehydes is 1. The zero-order valence-electron chi connectivity index (χ0n) is 20.9. The molecule has 0 aliphatic carbocycles. The Kier molecular flexibility index (Phi) is 8.39. The lowest BCUT2D eigenvalue weighted by molar-refractivity contribution is -0.139. The first-order valence-corrected chi connectivity index (χ1v) is 12.0. The number of fused-ring (bicyclic) bond motifs is 2. The molecule has 4 amide bonds. The van der Waals surface area contributed by atoms with E-state index in [1.165, 1.54) is 18.3 Å². The van der Waals surface area contributed by atoms with Crippen molar-refractivity contribution >= 4 is 58.3 Å². The first-order valence-electron chi connectivity index (χ1n) is 12.0. The molecule has 2 aromatic carbocycles. The van der Waals surface area contributed by atoms with E-state index in [0.717, 1.165) is 9.80 Å². The molecule has 0 spiro atoms. The average Bonchev–Trinajstić information content (AvgIpc) is 3.06. The number of carbonyl (C=O) groups is 6. The number of aliphatic hydroxyl groups excluding tert-OH is 1. The van der Waals surface area contributed by atoms with E-state index in [0.29, 0.717) is 11.0 Å². The summed E-state index contributed by atoms with van der Waals surface area (Å²) in [6.45, 7) is -1.94. The molecular formula is C26H24N6O8. The quantitative estimate of drug-likeness (QED) is 0.247. The van der Waals surface area contributed by atoms with Crippen LogP contribution in [0.1, 0.15) is 16.9 Å². The van der Waals surface area contributed by atoms with Gasteiger partial charge in [-0.15, -0.1) is 0 Å². The third-order valence-electron chi connectivity index (χ3n) is 6.02. The van der Waals surface area contributed by atoms with E-state index in [1.807, 2.05) is 0 Å². The van der Waals surface area contributed by atoms with E-state index < -0.39 is 61.3 Å². The van der Waals surface area contributed by atoms with Gasteiger partial charge in [-0.25, -0.2) is 4.98 Å². The lowest BCUT2D eigenvalue weighted by atomic mass is 10.2. The van der Waals surface area contributed by atoms with Gasteiger partial charge in [-0.2, -0.15) is 0 Å². The van der Waals surface area contributed by atoms with Crippen LogP contribution in [0.5, 0.6) is 0 Å². The molecule has 4 N–H and O–H groups in total. The van der Waals surface area contributed by atoms with Crippen LogP contribution in [0.2, 0.25) is 0 Å². The zero-order valence-corrected chi connectivity index (χ0v) is 20.9. The minimum atomic E-state index is -1.39. The zero-order chi connectivity index (χ0) is 28.8. The van der Waals surface area contributed by atoms with Crippen LogP contribution in [0.15, 0.2) is 54.7 Å². The van der Waals surface area contributed by atoms with E-state index in [1.54, 1.807) is 36.4 Å². The fourth-order valence-electron chi connectivity index (χ4n) is 4.19. The molecular weight excluding hydrogens is 524 g/mol. The van der Waals surface area contributed by atoms with Gasteiger partial charge in [0, 0.05) is 0 Å². The Morgan fingerprint density at radius 1 is 1.05 bits per heavy atom. The molecule has 0 radical (unpaired) electrons. The largest absolute Gasteiger partial charge is 0.481 e. The summed E-state index contributed by atoms with van der Waals surface area (Å²) in [7, 11) is 0. The number of carboxylic acids is 1. The summed E-state index contributed by atoms with van der Waals surface area (Å²) in [5.74, 6) is -4.48. The number of carbonyl (C=O) groups excluding carboxylic acids is 5. The number of aromatic nitrogens is 2. The summed E-state index contributed by atoms with van der Waals surface area (Å²) in [5, 5.41) is 23.3. The number of amides is 4. The first-order chi connectivity index (χ1) is 19.2. The Labute approximate surface area is 226 Å². The third-order valence-corrected chi connectivity index (χ3v) is 6.02. The molecule has 3 aromatic rings. The molecule has 14 nitrogen and oxygen atoms in total. The smallest absolute Gasteiger partial charge is 0.305 e. The van der Waals surface area contributed by atoms with Crippen LogP contribution in [0.3, 0.4) is 0 Å². The number of aliphatic hydroxyl groups is 1. The molecule has 2 atom stereocenters. The standard InChI is InChI=1S/C26H24N6O8/c33-13-15(9-24(37)38)28-22(35)12-32-21-8-4-3-7-20(21)31(23(36)14-34)11-19(26(32)40)30-25(39)18-10-27-16-5-1-2-6-17(16)29-18/h1-8,10,13,15,19,34H,9,11-12,14H2,(H,28,35)(H,30,39)(H,37,38)/t15-,19-/m0/s1. The summed E-state index contributed by atoms with van der Waals surface area (Å²) in [5.41, 5.74) is 1.19. The van der Waals surface area contributed by atoms with Crippen molar-refractivity contribution in [2.24, 2.45) is 0 Å². The van der Waals surface area contributed by atoms with Gasteiger partial charge < -0.3 is 30.5 Å². The molecule has 0 fully saturated rings. The highest BCUT2D eigenvalue weighted by Crippen LogP contribution is 2.33. The lowest BCUT2D eigenvalue weighted by Gasteiger charge is -2.25. The van der Waals surface area contributed by atoms with Gasteiger partial charge in [-0.05, 0) is 24.3 Å². The van der Waals surface area contributed by atoms with Crippen LogP contribution < -0.4 is 20.4 Å². The third kappa shape index (κ3) is 6.07. The van der Waals surface area contributed by atoms with Crippen molar-refractivity contribution in [2.45, 2.75) is 18.5 Å². The number of hydrogen-bond acceptors (Lipinski definition) is 9. The predicted molar refractivity (Wildman–Crippen MR) is 139 cm³/mol. The summed E-state index contributed by atoms with van der Waals surface area (Å²) >= 11 is 0. The van der Waals surface area contributed by atoms with Crippen molar-refractivity contribution in [3.8, 4) is 0 Å². The molecule has 1 aliphatic rings. The van der Waals surface area contributed by atoms with Gasteiger partial charge in [0.1, 0.15) is 31.2 Å². The molecule has 2 heterocycles. The highest BCUT2D eigenvalue weighted by molar-refractivity contribution is 6.11. The second kappa shape index (κ2) is 12.1. The summed E-state index contributed by atoms with van der Waals surface area (Å²) in [4.78, 5) is 85.2. The minimum absolute atomic E-state index is 0.0971. The summed E-state index contributed by atoms with van der Waals surface area (Å²) in [6, 6.07) is 10.2. The summed E-state index contributed by atoms with van der Waals surface area (Å²) < 4.78 is 0. The molecule has 0 unspecified atom stereocenters. The maximum Gasteiger partial charge on any atom is 0.305 e. The number of rotatable bonds is 9. The second-order valence-electron chi connectivity index (χ2n) is 8.75. The number of aliphatic carboxylic acids is 1. The van der Waals surface area contributed by atoms with Gasteiger partial charge in [-0.1, -0.05) is 24.3 Å². The van der Waals surface area contributed by atoms with Crippen LogP contribution in [0.25, 0.3) is 11.0 Å². The van der Waals surface area contributed by atoms with E-state index in [-0.39, 0.29) is 29.9 Å². The molecule has 0 saturated heterocycles. The van der Waals surface area contributed by atoms with Gasteiger partial charge >= 0.3 is 5.97 Å². The molecule has 0 bridgehead atoms. The number of benzene rings is 2. The average molecular weight is 549 g/mol. The number of anilines is 2. The van der Waals surface area contributed by atoms with E-state index >= 15 is 0 Å². The van der Waals surface area contributed by atoms with Crippen molar-refractivity contribution in [2.75, 3.05) is 29.5 Å². The second-order valence-corrected chi connectivity index (χ2v) is 8.75. The highest BCUT2D eigenvalue weighted by Gasteiger charge is 2.38. The van der Waals surface area contributed by atoms with Crippen LogP contribution in [-0.4, -0.2) is 87.8 Å². The SMILES string of the molecule is O=C[C@H](CC(=O)O)NC(=O)CN1C(=O)[C@@H](NC(=O)c2cnc3ccccc3n2)CN(C(=O)CO)c2ccccc21. The van der Waals surface area contributed by atoms with Crippen molar-refractivity contribution in [3.05, 3.63) is 60.4 Å². The fraction of sp³-hybridized carbons (Fsp3) is 0.231. The van der Waals surface area contributed by atoms with E-state index in [2.05, 4.69) is 20.6 Å². The maximum absolute atomic E-state index is 13.7. The molecule has 206 valence electrons. The first kappa shape index (κ1) is 27.8.